The summed E-state index contributed by atoms with van der Waals surface area (Å²) in [5, 5.41) is 0. The number of thiazole rings is 1. The molecule has 0 aliphatic heterocycles. The lowest BCUT2D eigenvalue weighted by Gasteiger charge is -2.09. The molecule has 170 valence electrons. The fourth-order valence-corrected chi connectivity index (χ4v) is 4.75. The number of hydrogen-bond acceptors (Lipinski definition) is 7. The highest BCUT2D eigenvalue weighted by molar-refractivity contribution is 7.90. The zero-order valence-electron chi connectivity index (χ0n) is 18.2. The van der Waals surface area contributed by atoms with Gasteiger partial charge in [0.25, 0.3) is 5.91 Å². The van der Waals surface area contributed by atoms with Gasteiger partial charge in [0.05, 0.1) is 27.8 Å². The van der Waals surface area contributed by atoms with Crippen molar-refractivity contribution in [2.75, 3.05) is 12.9 Å². The van der Waals surface area contributed by atoms with Gasteiger partial charge in [-0.3, -0.25) is 9.59 Å². The van der Waals surface area contributed by atoms with Gasteiger partial charge in [0.1, 0.15) is 12.3 Å². The van der Waals surface area contributed by atoms with Crippen LogP contribution in [0.1, 0.15) is 31.1 Å². The van der Waals surface area contributed by atoms with E-state index in [-0.39, 0.29) is 29.0 Å². The van der Waals surface area contributed by atoms with Crippen molar-refractivity contribution in [3.8, 4) is 5.75 Å². The summed E-state index contributed by atoms with van der Waals surface area (Å²) in [4.78, 5) is 29.5. The lowest BCUT2D eigenvalue weighted by molar-refractivity contribution is -0.143. The van der Waals surface area contributed by atoms with Gasteiger partial charge in [-0.25, -0.2) is 8.42 Å². The van der Waals surface area contributed by atoms with Gasteiger partial charge in [0.15, 0.2) is 14.6 Å². The first kappa shape index (κ1) is 23.7. The standard InChI is InChI=1S/C22H24N2O6S2/c1-5-29-20(25)13-24-18-11-10-17(32(4,27)28)12-19(18)31-22(24)23-21(26)15-6-8-16(9-7-15)30-14(2)3/h6-12,14H,5,13H2,1-4H3. The van der Waals surface area contributed by atoms with E-state index in [1.165, 1.54) is 12.1 Å². The van der Waals surface area contributed by atoms with Crippen LogP contribution in [-0.2, 0) is 25.9 Å². The second-order valence-corrected chi connectivity index (χ2v) is 10.3. The number of hydrogen-bond donors (Lipinski definition) is 0. The predicted molar refractivity (Wildman–Crippen MR) is 122 cm³/mol. The quantitative estimate of drug-likeness (QED) is 0.485. The van der Waals surface area contributed by atoms with E-state index < -0.39 is 21.7 Å². The summed E-state index contributed by atoms with van der Waals surface area (Å²) in [6.45, 7) is 5.59. The summed E-state index contributed by atoms with van der Waals surface area (Å²) < 4.78 is 36.6. The minimum absolute atomic E-state index is 0.0125. The van der Waals surface area contributed by atoms with E-state index in [0.717, 1.165) is 17.6 Å². The molecule has 0 unspecified atom stereocenters. The molecule has 0 saturated carbocycles. The van der Waals surface area contributed by atoms with E-state index in [4.69, 9.17) is 9.47 Å². The number of fused-ring (bicyclic) bond motifs is 1. The molecule has 8 nitrogen and oxygen atoms in total. The number of nitrogens with zero attached hydrogens (tertiary/aromatic N) is 2. The minimum atomic E-state index is -3.41. The highest BCUT2D eigenvalue weighted by Gasteiger charge is 2.16. The van der Waals surface area contributed by atoms with Gasteiger partial charge in [-0.15, -0.1) is 0 Å². The average Bonchev–Trinajstić information content (AvgIpc) is 3.03. The van der Waals surface area contributed by atoms with Crippen molar-refractivity contribution < 1.29 is 27.5 Å². The maximum atomic E-state index is 12.8. The molecule has 1 heterocycles. The zero-order valence-corrected chi connectivity index (χ0v) is 19.8. The Morgan fingerprint density at radius 2 is 1.81 bits per heavy atom. The highest BCUT2D eigenvalue weighted by atomic mass is 32.2. The molecule has 2 aromatic carbocycles. The van der Waals surface area contributed by atoms with Gasteiger partial charge in [-0.1, -0.05) is 11.3 Å². The van der Waals surface area contributed by atoms with Crippen molar-refractivity contribution in [3.05, 3.63) is 52.8 Å². The van der Waals surface area contributed by atoms with Gasteiger partial charge < -0.3 is 14.0 Å². The van der Waals surface area contributed by atoms with Crippen LogP contribution < -0.4 is 9.54 Å². The number of carbonyl (C=O) groups excluding carboxylic acids is 2. The Kier molecular flexibility index (Phi) is 7.15. The maximum Gasteiger partial charge on any atom is 0.326 e. The van der Waals surface area contributed by atoms with Crippen molar-refractivity contribution in [1.29, 1.82) is 0 Å². The number of amides is 1. The number of aromatic nitrogens is 1. The first-order valence-corrected chi connectivity index (χ1v) is 12.6. The molecule has 1 amide bonds. The minimum Gasteiger partial charge on any atom is -0.491 e. The van der Waals surface area contributed by atoms with Crippen molar-refractivity contribution in [3.63, 3.8) is 0 Å². The van der Waals surface area contributed by atoms with Crippen molar-refractivity contribution in [2.24, 2.45) is 4.99 Å². The second-order valence-electron chi connectivity index (χ2n) is 7.29. The number of carbonyl (C=O) groups is 2. The van der Waals surface area contributed by atoms with Crippen LogP contribution in [0.3, 0.4) is 0 Å². The summed E-state index contributed by atoms with van der Waals surface area (Å²) in [5.74, 6) is -0.332. The summed E-state index contributed by atoms with van der Waals surface area (Å²) in [5.41, 5.74) is 0.945. The Labute approximate surface area is 190 Å². The molecule has 0 radical (unpaired) electrons. The van der Waals surface area contributed by atoms with Gasteiger partial charge in [0, 0.05) is 11.8 Å². The molecule has 0 spiro atoms. The molecule has 0 atom stereocenters. The van der Waals surface area contributed by atoms with E-state index in [1.54, 1.807) is 41.8 Å². The van der Waals surface area contributed by atoms with Gasteiger partial charge in [-0.2, -0.15) is 4.99 Å². The second kappa shape index (κ2) is 9.66. The number of rotatable bonds is 7. The average molecular weight is 477 g/mol. The largest absolute Gasteiger partial charge is 0.491 e. The molecule has 0 aliphatic rings. The molecule has 0 aliphatic carbocycles. The van der Waals surface area contributed by atoms with Crippen LogP contribution in [0, 0.1) is 0 Å². The maximum absolute atomic E-state index is 12.8. The number of sulfone groups is 1. The first-order chi connectivity index (χ1) is 15.1. The SMILES string of the molecule is CCOC(=O)Cn1c(=NC(=O)c2ccc(OC(C)C)cc2)sc2cc(S(C)(=O)=O)ccc21. The Bertz CT molecular complexity index is 1320. The monoisotopic (exact) mass is 476 g/mol. The van der Waals surface area contributed by atoms with E-state index >= 15 is 0 Å². The van der Waals surface area contributed by atoms with Crippen molar-refractivity contribution in [1.82, 2.24) is 4.57 Å². The van der Waals surface area contributed by atoms with Crippen LogP contribution in [0.2, 0.25) is 0 Å². The zero-order chi connectivity index (χ0) is 23.5. The molecular weight excluding hydrogens is 452 g/mol. The van der Waals surface area contributed by atoms with Crippen LogP contribution in [0.5, 0.6) is 5.75 Å². The summed E-state index contributed by atoms with van der Waals surface area (Å²) in [6.07, 6.45) is 1.13. The summed E-state index contributed by atoms with van der Waals surface area (Å²) in [7, 11) is -3.41. The third kappa shape index (κ3) is 5.63. The fraction of sp³-hybridized carbons (Fsp3) is 0.318. The highest BCUT2D eigenvalue weighted by Crippen LogP contribution is 2.22. The van der Waals surface area contributed by atoms with Crippen LogP contribution in [0.4, 0.5) is 0 Å². The number of benzene rings is 2. The molecule has 3 rings (SSSR count). The number of esters is 1. The van der Waals surface area contributed by atoms with E-state index in [0.29, 0.717) is 21.5 Å². The van der Waals surface area contributed by atoms with Crippen molar-refractivity contribution in [2.45, 2.75) is 38.3 Å². The van der Waals surface area contributed by atoms with Gasteiger partial charge >= 0.3 is 5.97 Å². The number of ether oxygens (including phenoxy) is 2. The molecule has 0 bridgehead atoms. The van der Waals surface area contributed by atoms with Crippen LogP contribution in [-0.4, -0.2) is 43.8 Å². The van der Waals surface area contributed by atoms with Crippen molar-refractivity contribution >= 4 is 43.3 Å². The Morgan fingerprint density at radius 3 is 2.41 bits per heavy atom. The molecule has 3 aromatic rings. The molecule has 0 saturated heterocycles. The molecule has 0 N–H and O–H groups in total. The first-order valence-electron chi connectivity index (χ1n) is 9.93. The fourth-order valence-electron chi connectivity index (χ4n) is 2.96. The van der Waals surface area contributed by atoms with Crippen LogP contribution in [0.15, 0.2) is 52.4 Å². The topological polar surface area (TPSA) is 104 Å². The Hall–Kier alpha value is -2.98. The molecule has 1 aromatic heterocycles. The van der Waals surface area contributed by atoms with Crippen LogP contribution in [0.25, 0.3) is 10.2 Å². The molecule has 32 heavy (non-hydrogen) atoms. The van der Waals surface area contributed by atoms with E-state index in [1.807, 2.05) is 13.8 Å². The van der Waals surface area contributed by atoms with E-state index in [9.17, 15) is 18.0 Å². The lowest BCUT2D eigenvalue weighted by atomic mass is 10.2. The normalized spacial score (nSPS) is 12.3. The lowest BCUT2D eigenvalue weighted by Crippen LogP contribution is -2.23. The Balaban J connectivity index is 2.07. The molecule has 10 heteroatoms. The van der Waals surface area contributed by atoms with Gasteiger partial charge in [0.2, 0.25) is 0 Å². The summed E-state index contributed by atoms with van der Waals surface area (Å²) in [6, 6.07) is 11.2. The molecular formula is C22H24N2O6S2. The Morgan fingerprint density at radius 1 is 1.12 bits per heavy atom. The molecule has 0 fully saturated rings. The summed E-state index contributed by atoms with van der Waals surface area (Å²) >= 11 is 1.13. The third-order valence-corrected chi connectivity index (χ3v) is 6.50. The van der Waals surface area contributed by atoms with Gasteiger partial charge in [-0.05, 0) is 63.2 Å². The predicted octanol–water partition coefficient (Wildman–Crippen LogP) is 3.20. The van der Waals surface area contributed by atoms with Crippen LogP contribution >= 0.6 is 11.3 Å². The third-order valence-electron chi connectivity index (χ3n) is 4.35. The smallest absolute Gasteiger partial charge is 0.326 e. The van der Waals surface area contributed by atoms with E-state index in [2.05, 4.69) is 4.99 Å².